The van der Waals surface area contributed by atoms with Gasteiger partial charge in [0.1, 0.15) is 5.70 Å². The number of aliphatic carboxylic acids is 1. The second-order valence-corrected chi connectivity index (χ2v) is 4.05. The Morgan fingerprint density at radius 1 is 1.19 bits per heavy atom. The van der Waals surface area contributed by atoms with E-state index in [0.29, 0.717) is 5.56 Å². The topological polar surface area (TPSA) is 102 Å². The molecule has 1 aromatic rings. The Hall–Kier alpha value is -2.83. The Bertz CT molecular complexity index is 605. The van der Waals surface area contributed by atoms with Crippen LogP contribution < -0.4 is 14.8 Å². The van der Waals surface area contributed by atoms with Gasteiger partial charge in [-0.2, -0.15) is 0 Å². The summed E-state index contributed by atoms with van der Waals surface area (Å²) < 4.78 is 10.0. The predicted molar refractivity (Wildman–Crippen MR) is 73.7 cm³/mol. The molecule has 0 saturated carbocycles. The van der Waals surface area contributed by atoms with Crippen molar-refractivity contribution in [1.82, 2.24) is 5.32 Å². The van der Waals surface area contributed by atoms with E-state index in [1.165, 1.54) is 45.2 Å². The summed E-state index contributed by atoms with van der Waals surface area (Å²) >= 11 is 0. The van der Waals surface area contributed by atoms with Gasteiger partial charge in [0.15, 0.2) is 11.5 Å². The van der Waals surface area contributed by atoms with E-state index in [9.17, 15) is 14.4 Å². The molecular weight excluding hydrogens is 278 g/mol. The lowest BCUT2D eigenvalue weighted by Crippen LogP contribution is -2.24. The summed E-state index contributed by atoms with van der Waals surface area (Å²) in [6.45, 7) is 2.47. The van der Waals surface area contributed by atoms with Crippen LogP contribution in [-0.2, 0) is 14.4 Å². The highest BCUT2D eigenvalue weighted by molar-refractivity contribution is 5.96. The van der Waals surface area contributed by atoms with Crippen molar-refractivity contribution in [2.75, 3.05) is 7.11 Å². The van der Waals surface area contributed by atoms with Crippen LogP contribution in [0.15, 0.2) is 23.9 Å². The van der Waals surface area contributed by atoms with Gasteiger partial charge >= 0.3 is 11.9 Å². The Labute approximate surface area is 121 Å². The molecule has 7 heteroatoms. The number of amides is 1. The zero-order valence-corrected chi connectivity index (χ0v) is 11.8. The maximum atomic E-state index is 11.0. The van der Waals surface area contributed by atoms with Crippen LogP contribution in [0.3, 0.4) is 0 Å². The van der Waals surface area contributed by atoms with E-state index in [2.05, 4.69) is 5.32 Å². The first-order chi connectivity index (χ1) is 9.83. The molecule has 0 aromatic heterocycles. The Kier molecular flexibility index (Phi) is 5.48. The van der Waals surface area contributed by atoms with Gasteiger partial charge in [0.2, 0.25) is 5.91 Å². The minimum Gasteiger partial charge on any atom is -0.493 e. The van der Waals surface area contributed by atoms with Crippen LogP contribution in [0.1, 0.15) is 19.4 Å². The summed E-state index contributed by atoms with van der Waals surface area (Å²) in [6.07, 6.45) is 1.27. The van der Waals surface area contributed by atoms with Crippen molar-refractivity contribution in [2.45, 2.75) is 13.8 Å². The van der Waals surface area contributed by atoms with Crippen LogP contribution in [0.25, 0.3) is 6.08 Å². The van der Waals surface area contributed by atoms with Crippen molar-refractivity contribution < 1.29 is 29.0 Å². The third-order valence-electron chi connectivity index (χ3n) is 2.29. The lowest BCUT2D eigenvalue weighted by Gasteiger charge is -2.09. The summed E-state index contributed by atoms with van der Waals surface area (Å²) in [5.41, 5.74) is 0.193. The van der Waals surface area contributed by atoms with Crippen LogP contribution in [0, 0.1) is 0 Å². The van der Waals surface area contributed by atoms with E-state index in [1.54, 1.807) is 0 Å². The Morgan fingerprint density at radius 2 is 1.86 bits per heavy atom. The van der Waals surface area contributed by atoms with Crippen molar-refractivity contribution in [1.29, 1.82) is 0 Å². The highest BCUT2D eigenvalue weighted by Crippen LogP contribution is 2.28. The number of benzene rings is 1. The zero-order valence-electron chi connectivity index (χ0n) is 11.8. The van der Waals surface area contributed by atoms with Crippen molar-refractivity contribution in [3.8, 4) is 11.5 Å². The first kappa shape index (κ1) is 16.2. The van der Waals surface area contributed by atoms with Crippen molar-refractivity contribution in [3.05, 3.63) is 29.5 Å². The summed E-state index contributed by atoms with van der Waals surface area (Å²) in [5, 5.41) is 11.2. The highest BCUT2D eigenvalue weighted by Gasteiger charge is 2.11. The minimum absolute atomic E-state index is 0.221. The zero-order chi connectivity index (χ0) is 16.0. The molecule has 0 fully saturated rings. The van der Waals surface area contributed by atoms with E-state index >= 15 is 0 Å². The number of carbonyl (C=O) groups excluding carboxylic acids is 2. The van der Waals surface area contributed by atoms with Gasteiger partial charge < -0.3 is 19.9 Å². The first-order valence-corrected chi connectivity index (χ1v) is 5.92. The Balaban J connectivity index is 3.15. The largest absolute Gasteiger partial charge is 0.493 e. The van der Waals surface area contributed by atoms with Gasteiger partial charge in [-0.05, 0) is 23.8 Å². The maximum absolute atomic E-state index is 11.0. The molecule has 2 N–H and O–H groups in total. The molecule has 0 atom stereocenters. The molecule has 0 bridgehead atoms. The number of carboxylic acid groups (broad SMARTS) is 1. The van der Waals surface area contributed by atoms with Crippen LogP contribution in [0.2, 0.25) is 0 Å². The fourth-order valence-electron chi connectivity index (χ4n) is 1.52. The number of carbonyl (C=O) groups is 3. The predicted octanol–water partition coefficient (Wildman–Crippen LogP) is 1.18. The molecule has 0 radical (unpaired) electrons. The number of rotatable bonds is 5. The standard InChI is InChI=1S/C14H15NO6/c1-8(16)15-11(14(18)19)6-10-4-5-12(21-9(2)17)13(7-10)20-3/h4-7H,1-3H3,(H,15,16)(H,18,19)/b11-6+. The number of carboxylic acids is 1. The molecule has 0 aliphatic rings. The molecule has 0 saturated heterocycles. The van der Waals surface area contributed by atoms with E-state index in [-0.39, 0.29) is 17.2 Å². The van der Waals surface area contributed by atoms with E-state index in [1.807, 2.05) is 0 Å². The average Bonchev–Trinajstić information content (AvgIpc) is 2.38. The monoisotopic (exact) mass is 293 g/mol. The summed E-state index contributed by atoms with van der Waals surface area (Å²) in [6, 6.07) is 4.49. The quantitative estimate of drug-likeness (QED) is 0.480. The average molecular weight is 293 g/mol. The molecule has 21 heavy (non-hydrogen) atoms. The van der Waals surface area contributed by atoms with Gasteiger partial charge in [-0.25, -0.2) is 4.79 Å². The van der Waals surface area contributed by atoms with Gasteiger partial charge in [0.25, 0.3) is 0 Å². The minimum atomic E-state index is -1.27. The first-order valence-electron chi connectivity index (χ1n) is 5.92. The van der Waals surface area contributed by atoms with Gasteiger partial charge in [0.05, 0.1) is 7.11 Å². The highest BCUT2D eigenvalue weighted by atomic mass is 16.6. The van der Waals surface area contributed by atoms with Crippen molar-refractivity contribution >= 4 is 23.9 Å². The second-order valence-electron chi connectivity index (χ2n) is 4.05. The molecule has 0 aliphatic heterocycles. The molecule has 1 amide bonds. The van der Waals surface area contributed by atoms with Crippen LogP contribution in [-0.4, -0.2) is 30.1 Å². The number of nitrogens with one attached hydrogen (secondary N) is 1. The van der Waals surface area contributed by atoms with Gasteiger partial charge in [-0.3, -0.25) is 9.59 Å². The number of hydrogen-bond acceptors (Lipinski definition) is 5. The fourth-order valence-corrected chi connectivity index (χ4v) is 1.52. The number of esters is 1. The molecule has 112 valence electrons. The smallest absolute Gasteiger partial charge is 0.352 e. The molecule has 0 heterocycles. The van der Waals surface area contributed by atoms with E-state index in [0.717, 1.165) is 0 Å². The third kappa shape index (κ3) is 4.98. The van der Waals surface area contributed by atoms with Gasteiger partial charge in [-0.1, -0.05) is 6.07 Å². The summed E-state index contributed by atoms with van der Waals surface area (Å²) in [5.74, 6) is -1.77. The van der Waals surface area contributed by atoms with E-state index < -0.39 is 17.8 Å². The SMILES string of the molecule is COc1cc(/C=C(/NC(C)=O)C(=O)O)ccc1OC(C)=O. The molecule has 0 spiro atoms. The van der Waals surface area contributed by atoms with Crippen molar-refractivity contribution in [3.63, 3.8) is 0 Å². The lowest BCUT2D eigenvalue weighted by molar-refractivity contribution is -0.134. The molecule has 0 aliphatic carbocycles. The van der Waals surface area contributed by atoms with Crippen LogP contribution in [0.4, 0.5) is 0 Å². The van der Waals surface area contributed by atoms with Gasteiger partial charge in [-0.15, -0.1) is 0 Å². The number of methoxy groups -OCH3 is 1. The summed E-state index contributed by atoms with van der Waals surface area (Å²) in [7, 11) is 1.39. The second kappa shape index (κ2) is 7.09. The van der Waals surface area contributed by atoms with E-state index in [4.69, 9.17) is 14.6 Å². The Morgan fingerprint density at radius 3 is 2.33 bits per heavy atom. The fraction of sp³-hybridized carbons (Fsp3) is 0.214. The molecular formula is C14H15NO6. The summed E-state index contributed by atoms with van der Waals surface area (Å²) in [4.78, 5) is 32.9. The van der Waals surface area contributed by atoms with Crippen LogP contribution in [0.5, 0.6) is 11.5 Å². The molecule has 1 rings (SSSR count). The maximum Gasteiger partial charge on any atom is 0.352 e. The molecule has 7 nitrogen and oxygen atoms in total. The number of ether oxygens (including phenoxy) is 2. The van der Waals surface area contributed by atoms with Crippen molar-refractivity contribution in [2.24, 2.45) is 0 Å². The van der Waals surface area contributed by atoms with Crippen LogP contribution >= 0.6 is 0 Å². The molecule has 1 aromatic carbocycles. The number of hydrogen-bond donors (Lipinski definition) is 2. The van der Waals surface area contributed by atoms with Gasteiger partial charge in [0, 0.05) is 13.8 Å². The molecule has 0 unspecified atom stereocenters. The third-order valence-corrected chi connectivity index (χ3v) is 2.29. The normalized spacial score (nSPS) is 10.7. The lowest BCUT2D eigenvalue weighted by atomic mass is 10.1.